The molecular formula is C35H62O3. The number of epoxide rings is 1. The van der Waals surface area contributed by atoms with Gasteiger partial charge >= 0.3 is 5.97 Å². The van der Waals surface area contributed by atoms with E-state index in [1.165, 1.54) is 148 Å². The van der Waals surface area contributed by atoms with Crippen LogP contribution in [0.15, 0.2) is 23.8 Å². The Balaban J connectivity index is 1.23. The number of hydrogen-bond acceptors (Lipinski definition) is 3. The van der Waals surface area contributed by atoms with Crippen molar-refractivity contribution in [1.82, 2.24) is 0 Å². The first-order chi connectivity index (χ1) is 18.7. The Morgan fingerprint density at radius 1 is 0.632 bits per heavy atom. The molecule has 0 aromatic rings. The highest BCUT2D eigenvalue weighted by molar-refractivity contribution is 5.90. The second kappa shape index (κ2) is 22.7. The standard InChI is InChI=1S/C35H62O3/c1-3-4-5-6-7-8-16-19-22-25-28-33-34(38-33)29-26-23-20-17-14-12-10-9-11-13-15-18-21-24-27-32-30-31(2)37-35(32)36/h20,23,30-31,33-34H,3-19,21-22,24-29H2,1-2H3/b23-20+/t31-,33-,34-/m0/s1. The van der Waals surface area contributed by atoms with Crippen molar-refractivity contribution in [2.24, 2.45) is 0 Å². The van der Waals surface area contributed by atoms with E-state index in [0.717, 1.165) is 18.4 Å². The Hall–Kier alpha value is -1.09. The van der Waals surface area contributed by atoms with E-state index in [1.54, 1.807) is 0 Å². The van der Waals surface area contributed by atoms with Crippen LogP contribution in [0.2, 0.25) is 0 Å². The highest BCUT2D eigenvalue weighted by Gasteiger charge is 2.36. The van der Waals surface area contributed by atoms with E-state index in [1.807, 2.05) is 13.0 Å². The Kier molecular flexibility index (Phi) is 19.8. The zero-order chi connectivity index (χ0) is 27.1. The maximum absolute atomic E-state index is 11.6. The van der Waals surface area contributed by atoms with Crippen molar-refractivity contribution >= 4 is 5.97 Å². The van der Waals surface area contributed by atoms with Crippen molar-refractivity contribution in [2.75, 3.05) is 0 Å². The third-order valence-electron chi connectivity index (χ3n) is 8.37. The van der Waals surface area contributed by atoms with Gasteiger partial charge in [0.05, 0.1) is 12.2 Å². The summed E-state index contributed by atoms with van der Waals surface area (Å²) in [5, 5.41) is 0. The summed E-state index contributed by atoms with van der Waals surface area (Å²) in [4.78, 5) is 11.6. The van der Waals surface area contributed by atoms with Gasteiger partial charge in [-0.3, -0.25) is 0 Å². The molecule has 38 heavy (non-hydrogen) atoms. The van der Waals surface area contributed by atoms with Crippen LogP contribution in [0.4, 0.5) is 0 Å². The second-order valence-corrected chi connectivity index (χ2v) is 12.1. The second-order valence-electron chi connectivity index (χ2n) is 12.1. The predicted octanol–water partition coefficient (Wildman–Crippen LogP) is 11.0. The first kappa shape index (κ1) is 33.1. The van der Waals surface area contributed by atoms with Gasteiger partial charge in [-0.05, 0) is 57.9 Å². The van der Waals surface area contributed by atoms with Crippen LogP contribution in [0.1, 0.15) is 174 Å². The first-order valence-corrected chi connectivity index (χ1v) is 16.9. The third kappa shape index (κ3) is 17.5. The smallest absolute Gasteiger partial charge is 0.334 e. The zero-order valence-corrected chi connectivity index (χ0v) is 25.4. The molecule has 3 nitrogen and oxygen atoms in total. The molecule has 0 aromatic carbocycles. The maximum atomic E-state index is 11.6. The van der Waals surface area contributed by atoms with Gasteiger partial charge in [0.15, 0.2) is 0 Å². The normalized spacial score (nSPS) is 20.8. The topological polar surface area (TPSA) is 38.8 Å². The molecule has 220 valence electrons. The van der Waals surface area contributed by atoms with Gasteiger partial charge in [0.2, 0.25) is 0 Å². The van der Waals surface area contributed by atoms with Crippen molar-refractivity contribution in [3.8, 4) is 0 Å². The molecule has 2 aliphatic rings. The summed E-state index contributed by atoms with van der Waals surface area (Å²) in [5.41, 5.74) is 0.896. The van der Waals surface area contributed by atoms with Crippen LogP contribution < -0.4 is 0 Å². The lowest BCUT2D eigenvalue weighted by Crippen LogP contribution is -2.03. The van der Waals surface area contributed by atoms with E-state index in [2.05, 4.69) is 19.1 Å². The van der Waals surface area contributed by atoms with E-state index < -0.39 is 0 Å². The minimum atomic E-state index is -0.0935. The van der Waals surface area contributed by atoms with Crippen molar-refractivity contribution in [3.05, 3.63) is 23.8 Å². The van der Waals surface area contributed by atoms with Gasteiger partial charge in [0.1, 0.15) is 6.10 Å². The monoisotopic (exact) mass is 530 g/mol. The van der Waals surface area contributed by atoms with Crippen LogP contribution >= 0.6 is 0 Å². The molecule has 3 atom stereocenters. The van der Waals surface area contributed by atoms with E-state index in [4.69, 9.17) is 9.47 Å². The molecule has 0 saturated carbocycles. The fraction of sp³-hybridized carbons (Fsp3) is 0.857. The molecule has 0 bridgehead atoms. The van der Waals surface area contributed by atoms with Crippen LogP contribution in [0, 0.1) is 0 Å². The van der Waals surface area contributed by atoms with Crippen molar-refractivity contribution in [3.63, 3.8) is 0 Å². The Morgan fingerprint density at radius 2 is 1.13 bits per heavy atom. The fourth-order valence-corrected chi connectivity index (χ4v) is 5.82. The van der Waals surface area contributed by atoms with Crippen molar-refractivity contribution in [1.29, 1.82) is 0 Å². The molecule has 2 rings (SSSR count). The number of rotatable bonds is 27. The molecule has 3 heteroatoms. The van der Waals surface area contributed by atoms with E-state index in [0.29, 0.717) is 12.2 Å². The molecular weight excluding hydrogens is 468 g/mol. The molecule has 1 saturated heterocycles. The number of esters is 1. The van der Waals surface area contributed by atoms with Gasteiger partial charge < -0.3 is 9.47 Å². The molecule has 0 spiro atoms. The number of cyclic esters (lactones) is 1. The molecule has 0 amide bonds. The Bertz CT molecular complexity index is 637. The van der Waals surface area contributed by atoms with E-state index in [-0.39, 0.29) is 12.1 Å². The minimum absolute atomic E-state index is 0.0205. The van der Waals surface area contributed by atoms with Gasteiger partial charge in [-0.2, -0.15) is 0 Å². The SMILES string of the molecule is CCCCCCCCCCCC[C@@H]1O[C@H]1CC/C=C/CCCCCCCCCCCCC1=C[C@H](C)OC1=O. The largest absolute Gasteiger partial charge is 0.455 e. The van der Waals surface area contributed by atoms with Crippen LogP contribution in [-0.4, -0.2) is 24.3 Å². The fourth-order valence-electron chi connectivity index (χ4n) is 5.82. The number of ether oxygens (including phenoxy) is 2. The summed E-state index contributed by atoms with van der Waals surface area (Å²) < 4.78 is 11.0. The molecule has 0 radical (unpaired) electrons. The highest BCUT2D eigenvalue weighted by Crippen LogP contribution is 2.31. The lowest BCUT2D eigenvalue weighted by atomic mass is 10.0. The molecule has 0 aliphatic carbocycles. The summed E-state index contributed by atoms with van der Waals surface area (Å²) >= 11 is 0. The van der Waals surface area contributed by atoms with Crippen molar-refractivity contribution < 1.29 is 14.3 Å². The molecule has 0 N–H and O–H groups in total. The number of carbonyl (C=O) groups excluding carboxylic acids is 1. The average Bonchev–Trinajstić information content (AvgIpc) is 3.58. The van der Waals surface area contributed by atoms with Gasteiger partial charge in [-0.25, -0.2) is 4.79 Å². The number of hydrogen-bond donors (Lipinski definition) is 0. The van der Waals surface area contributed by atoms with Gasteiger partial charge in [-0.15, -0.1) is 0 Å². The first-order valence-electron chi connectivity index (χ1n) is 16.9. The van der Waals surface area contributed by atoms with Crippen LogP contribution in [0.25, 0.3) is 0 Å². The van der Waals surface area contributed by atoms with Crippen LogP contribution in [0.3, 0.4) is 0 Å². The summed E-state index contributed by atoms with van der Waals surface area (Å²) in [7, 11) is 0. The summed E-state index contributed by atoms with van der Waals surface area (Å²) in [6.45, 7) is 4.22. The molecule has 2 heterocycles. The van der Waals surface area contributed by atoms with E-state index >= 15 is 0 Å². The number of unbranched alkanes of at least 4 members (excludes halogenated alkanes) is 19. The third-order valence-corrected chi connectivity index (χ3v) is 8.37. The van der Waals surface area contributed by atoms with E-state index in [9.17, 15) is 4.79 Å². The molecule has 0 unspecified atom stereocenters. The summed E-state index contributed by atoms with van der Waals surface area (Å²) in [5.74, 6) is -0.0935. The molecule has 1 fully saturated rings. The highest BCUT2D eigenvalue weighted by atomic mass is 16.6. The summed E-state index contributed by atoms with van der Waals surface area (Å²) in [6.07, 6.45) is 41.2. The Labute approximate surface area is 236 Å². The zero-order valence-electron chi connectivity index (χ0n) is 25.4. The van der Waals surface area contributed by atoms with Crippen LogP contribution in [0.5, 0.6) is 0 Å². The molecule has 0 aromatic heterocycles. The lowest BCUT2D eigenvalue weighted by Gasteiger charge is -2.03. The van der Waals surface area contributed by atoms with Gasteiger partial charge in [-0.1, -0.05) is 135 Å². The van der Waals surface area contributed by atoms with Gasteiger partial charge in [0.25, 0.3) is 0 Å². The summed E-state index contributed by atoms with van der Waals surface area (Å²) in [6, 6.07) is 0. The number of carbonyl (C=O) groups is 1. The quantitative estimate of drug-likeness (QED) is 0.0459. The Morgan fingerprint density at radius 3 is 1.71 bits per heavy atom. The lowest BCUT2D eigenvalue weighted by molar-refractivity contribution is -0.139. The maximum Gasteiger partial charge on any atom is 0.334 e. The van der Waals surface area contributed by atoms with Crippen LogP contribution in [-0.2, 0) is 14.3 Å². The molecule has 2 aliphatic heterocycles. The van der Waals surface area contributed by atoms with Gasteiger partial charge in [0, 0.05) is 5.57 Å². The minimum Gasteiger partial charge on any atom is -0.455 e. The average molecular weight is 531 g/mol. The number of allylic oxidation sites excluding steroid dienone is 2. The predicted molar refractivity (Wildman–Crippen MR) is 163 cm³/mol. The van der Waals surface area contributed by atoms with Crippen molar-refractivity contribution in [2.45, 2.75) is 193 Å².